The Bertz CT molecular complexity index is 1040. The first-order valence-electron chi connectivity index (χ1n) is 9.65. The molecule has 0 bridgehead atoms. The van der Waals surface area contributed by atoms with Gasteiger partial charge < -0.3 is 9.72 Å². The number of nitrogens with one attached hydrogen (secondary N) is 1. The van der Waals surface area contributed by atoms with Gasteiger partial charge in [0.25, 0.3) is 0 Å². The highest BCUT2D eigenvalue weighted by atomic mass is 32.3. The molecule has 0 radical (unpaired) electrons. The Morgan fingerprint density at radius 1 is 1.07 bits per heavy atom. The molecule has 2 aromatic carbocycles. The van der Waals surface area contributed by atoms with Crippen molar-refractivity contribution in [3.8, 4) is 22.3 Å². The number of benzene rings is 2. The number of fused-ring (bicyclic) bond motifs is 1. The first-order chi connectivity index (χ1) is 13.6. The largest absolute Gasteiger partial charge is 0.465 e. The van der Waals surface area contributed by atoms with E-state index < -0.39 is 10.0 Å². The molecule has 3 nitrogen and oxygen atoms in total. The van der Waals surface area contributed by atoms with E-state index in [0.717, 1.165) is 44.9 Å². The Morgan fingerprint density at radius 3 is 2.50 bits per heavy atom. The third kappa shape index (κ3) is 3.81. The van der Waals surface area contributed by atoms with E-state index in [4.69, 9.17) is 4.74 Å². The summed E-state index contributed by atoms with van der Waals surface area (Å²) in [5.74, 6) is 6.37. The predicted molar refractivity (Wildman–Crippen MR) is 121 cm³/mol. The number of H-pyrrole nitrogens is 1. The van der Waals surface area contributed by atoms with Gasteiger partial charge in [0.05, 0.1) is 12.7 Å². The molecule has 0 atom stereocenters. The van der Waals surface area contributed by atoms with Gasteiger partial charge in [0, 0.05) is 22.8 Å². The van der Waals surface area contributed by atoms with Crippen LogP contribution in [0.15, 0.2) is 48.7 Å². The number of aromatic amines is 1. The summed E-state index contributed by atoms with van der Waals surface area (Å²) in [4.78, 5) is 15.7. The van der Waals surface area contributed by atoms with Gasteiger partial charge in [-0.2, -0.15) is 10.0 Å². The van der Waals surface area contributed by atoms with Crippen LogP contribution < -0.4 is 0 Å². The average Bonchev–Trinajstić information content (AvgIpc) is 3.22. The maximum atomic E-state index is 12.5. The molecule has 3 aromatic rings. The smallest absolute Gasteiger partial charge is 0.338 e. The van der Waals surface area contributed by atoms with Gasteiger partial charge in [0.1, 0.15) is 0 Å². The van der Waals surface area contributed by atoms with E-state index in [2.05, 4.69) is 49.1 Å². The predicted octanol–water partition coefficient (Wildman–Crippen LogP) is 5.79. The lowest BCUT2D eigenvalue weighted by atomic mass is 9.94. The van der Waals surface area contributed by atoms with Crippen molar-refractivity contribution in [2.75, 3.05) is 24.4 Å². The minimum atomic E-state index is -0.955. The second kappa shape index (κ2) is 8.58. The van der Waals surface area contributed by atoms with Crippen LogP contribution in [-0.4, -0.2) is 35.3 Å². The summed E-state index contributed by atoms with van der Waals surface area (Å²) in [5, 5.41) is 4.74. The highest BCUT2D eigenvalue weighted by molar-refractivity contribution is 8.37. The third-order valence-electron chi connectivity index (χ3n) is 5.37. The molecular formula is C24H27NO2S. The number of ether oxygens (including phenoxy) is 1. The summed E-state index contributed by atoms with van der Waals surface area (Å²) in [6, 6.07) is 13.9. The van der Waals surface area contributed by atoms with Crippen LogP contribution in [0.3, 0.4) is 0 Å². The Labute approximate surface area is 168 Å². The molecule has 0 fully saturated rings. The maximum Gasteiger partial charge on any atom is 0.338 e. The summed E-state index contributed by atoms with van der Waals surface area (Å²) >= 11 is 0. The van der Waals surface area contributed by atoms with Crippen molar-refractivity contribution in [2.24, 2.45) is 0 Å². The lowest BCUT2D eigenvalue weighted by molar-refractivity contribution is 0.0601. The van der Waals surface area contributed by atoms with Gasteiger partial charge in [-0.3, -0.25) is 0 Å². The fourth-order valence-electron chi connectivity index (χ4n) is 3.44. The molecule has 0 aliphatic heterocycles. The Morgan fingerprint density at radius 2 is 1.82 bits per heavy atom. The van der Waals surface area contributed by atoms with Gasteiger partial charge in [-0.25, -0.2) is 4.79 Å². The second-order valence-electron chi connectivity index (χ2n) is 6.64. The van der Waals surface area contributed by atoms with Crippen molar-refractivity contribution in [3.63, 3.8) is 0 Å². The highest BCUT2D eigenvalue weighted by Crippen LogP contribution is 2.45. The topological polar surface area (TPSA) is 42.1 Å². The average molecular weight is 394 g/mol. The molecule has 0 saturated heterocycles. The van der Waals surface area contributed by atoms with Crippen molar-refractivity contribution in [1.82, 2.24) is 4.98 Å². The lowest BCUT2D eigenvalue weighted by Crippen LogP contribution is -2.07. The molecule has 146 valence electrons. The summed E-state index contributed by atoms with van der Waals surface area (Å²) in [6.07, 6.45) is 1.92. The fraction of sp³-hybridized carbons (Fsp3) is 0.292. The van der Waals surface area contributed by atoms with Gasteiger partial charge in [0.15, 0.2) is 0 Å². The maximum absolute atomic E-state index is 12.5. The third-order valence-corrected chi connectivity index (χ3v) is 9.22. The van der Waals surface area contributed by atoms with Crippen LogP contribution >= 0.6 is 10.0 Å². The van der Waals surface area contributed by atoms with Crippen LogP contribution in [0.25, 0.3) is 22.0 Å². The zero-order valence-electron chi connectivity index (χ0n) is 17.0. The van der Waals surface area contributed by atoms with E-state index in [1.54, 1.807) is 0 Å². The van der Waals surface area contributed by atoms with Crippen LogP contribution in [-0.2, 0) is 4.74 Å². The van der Waals surface area contributed by atoms with Crippen LogP contribution in [0.4, 0.5) is 0 Å². The quantitative estimate of drug-likeness (QED) is 0.440. The number of carbonyl (C=O) groups excluding carboxylic acids is 1. The normalized spacial score (nSPS) is 11.7. The summed E-state index contributed by atoms with van der Waals surface area (Å²) < 4.78 is 5.05. The molecule has 0 aliphatic rings. The molecule has 4 heteroatoms. The Hall–Kier alpha value is -2.64. The molecule has 1 heterocycles. The van der Waals surface area contributed by atoms with E-state index in [1.165, 1.54) is 7.11 Å². The number of aromatic nitrogens is 1. The van der Waals surface area contributed by atoms with Crippen molar-refractivity contribution >= 4 is 26.9 Å². The number of carbonyl (C=O) groups is 1. The molecule has 0 unspecified atom stereocenters. The molecule has 0 amide bonds. The SMILES string of the molecule is CCS(C#Cc1cccc(C(=O)OC)c1-c1ccc2cc[nH]c2c1)(CC)CC. The number of rotatable bonds is 5. The van der Waals surface area contributed by atoms with Crippen LogP contribution in [0.1, 0.15) is 36.7 Å². The zero-order chi connectivity index (χ0) is 20.1. The van der Waals surface area contributed by atoms with E-state index in [9.17, 15) is 4.79 Å². The molecule has 0 aliphatic carbocycles. The van der Waals surface area contributed by atoms with E-state index in [0.29, 0.717) is 5.56 Å². The summed E-state index contributed by atoms with van der Waals surface area (Å²) in [7, 11) is 0.461. The number of hydrogen-bond acceptors (Lipinski definition) is 2. The number of esters is 1. The second-order valence-corrected chi connectivity index (χ2v) is 10.7. The van der Waals surface area contributed by atoms with E-state index in [1.807, 2.05) is 36.5 Å². The molecule has 3 rings (SSSR count). The van der Waals surface area contributed by atoms with E-state index in [-0.39, 0.29) is 5.97 Å². The zero-order valence-corrected chi connectivity index (χ0v) is 17.8. The van der Waals surface area contributed by atoms with Crippen LogP contribution in [0.2, 0.25) is 0 Å². The van der Waals surface area contributed by atoms with E-state index >= 15 is 0 Å². The highest BCUT2D eigenvalue weighted by Gasteiger charge is 2.18. The minimum Gasteiger partial charge on any atom is -0.465 e. The van der Waals surface area contributed by atoms with Gasteiger partial charge in [-0.1, -0.05) is 44.9 Å². The van der Waals surface area contributed by atoms with Crippen molar-refractivity contribution < 1.29 is 9.53 Å². The minimum absolute atomic E-state index is 0.342. The standard InChI is InChI=1S/C24H27NO2S/c1-5-28(6-2,7-3)16-14-19-9-8-10-21(24(26)27-4)23(19)20-12-11-18-13-15-25-22(18)17-20/h8-13,15,17,25H,5-7H2,1-4H3. The summed E-state index contributed by atoms with van der Waals surface area (Å²) in [5.41, 5.74) is 4.26. The molecule has 1 aromatic heterocycles. The first kappa shape index (κ1) is 20.1. The molecular weight excluding hydrogens is 366 g/mol. The van der Waals surface area contributed by atoms with Crippen LogP contribution in [0.5, 0.6) is 0 Å². The van der Waals surface area contributed by atoms with Crippen molar-refractivity contribution in [1.29, 1.82) is 0 Å². The Kier molecular flexibility index (Phi) is 6.16. The van der Waals surface area contributed by atoms with Gasteiger partial charge in [0.2, 0.25) is 0 Å². The fourth-order valence-corrected chi connectivity index (χ4v) is 5.43. The molecule has 28 heavy (non-hydrogen) atoms. The number of methoxy groups -OCH3 is 1. The molecule has 0 spiro atoms. The van der Waals surface area contributed by atoms with Crippen molar-refractivity contribution in [3.05, 3.63) is 59.8 Å². The summed E-state index contributed by atoms with van der Waals surface area (Å²) in [6.45, 7) is 6.67. The molecule has 0 saturated carbocycles. The first-order valence-corrected chi connectivity index (χ1v) is 11.8. The van der Waals surface area contributed by atoms with Gasteiger partial charge in [-0.15, -0.1) is 0 Å². The van der Waals surface area contributed by atoms with Gasteiger partial charge in [-0.05, 0) is 57.7 Å². The van der Waals surface area contributed by atoms with Crippen LogP contribution in [0, 0.1) is 11.2 Å². The molecule has 1 N–H and O–H groups in total. The van der Waals surface area contributed by atoms with Gasteiger partial charge >= 0.3 is 5.97 Å². The van der Waals surface area contributed by atoms with Crippen molar-refractivity contribution in [2.45, 2.75) is 20.8 Å². The number of hydrogen-bond donors (Lipinski definition) is 1. The monoisotopic (exact) mass is 393 g/mol. The lowest BCUT2D eigenvalue weighted by Gasteiger charge is -2.30. The Balaban J connectivity index is 2.22.